The number of nitrogens with zero attached hydrogens (tertiary/aromatic N) is 3. The first kappa shape index (κ1) is 14.1. The minimum Gasteiger partial charge on any atom is -0.371 e. The van der Waals surface area contributed by atoms with Gasteiger partial charge in [-0.15, -0.1) is 0 Å². The molecule has 1 aliphatic rings. The molecule has 0 aromatic carbocycles. The van der Waals surface area contributed by atoms with E-state index in [0.29, 0.717) is 6.04 Å². The van der Waals surface area contributed by atoms with E-state index in [1.54, 1.807) is 0 Å². The molecule has 5 nitrogen and oxygen atoms in total. The molecule has 5 heteroatoms. The van der Waals surface area contributed by atoms with Crippen molar-refractivity contribution in [2.24, 2.45) is 0 Å². The van der Waals surface area contributed by atoms with Gasteiger partial charge < -0.3 is 15.2 Å². The molecule has 2 aromatic heterocycles. The Morgan fingerprint density at radius 1 is 1.19 bits per heavy atom. The standard InChI is InChI=1S/C16H23N5/c1(2-16-19-10-11-20-16)7-18-14-5-12-21(13-6-14)15-3-8-17-9-4-15/h3-4,8-11,14,18H,1-2,5-7,12-13H2,(H,19,20). The first-order chi connectivity index (χ1) is 10.4. The molecule has 0 saturated carbocycles. The number of aromatic nitrogens is 3. The molecular formula is C16H23N5. The zero-order valence-electron chi connectivity index (χ0n) is 12.3. The Morgan fingerprint density at radius 2 is 2.00 bits per heavy atom. The van der Waals surface area contributed by atoms with Gasteiger partial charge in [0.2, 0.25) is 0 Å². The lowest BCUT2D eigenvalue weighted by molar-refractivity contribution is 0.412. The number of H-pyrrole nitrogens is 1. The maximum Gasteiger partial charge on any atom is 0.106 e. The van der Waals surface area contributed by atoms with Gasteiger partial charge in [0, 0.05) is 56.0 Å². The summed E-state index contributed by atoms with van der Waals surface area (Å²) in [6.45, 7) is 3.32. The molecule has 3 heterocycles. The number of pyridine rings is 1. The molecule has 1 saturated heterocycles. The average molecular weight is 285 g/mol. The lowest BCUT2D eigenvalue weighted by Gasteiger charge is -2.34. The molecule has 0 unspecified atom stereocenters. The van der Waals surface area contributed by atoms with Gasteiger partial charge in [-0.3, -0.25) is 4.98 Å². The summed E-state index contributed by atoms with van der Waals surface area (Å²) in [6, 6.07) is 4.84. The number of anilines is 1. The first-order valence-electron chi connectivity index (χ1n) is 7.78. The van der Waals surface area contributed by atoms with Gasteiger partial charge in [-0.25, -0.2) is 4.98 Å². The van der Waals surface area contributed by atoms with Crippen LogP contribution in [0.3, 0.4) is 0 Å². The van der Waals surface area contributed by atoms with Crippen LogP contribution in [-0.4, -0.2) is 40.6 Å². The monoisotopic (exact) mass is 285 g/mol. The van der Waals surface area contributed by atoms with Crippen LogP contribution in [0.1, 0.15) is 25.1 Å². The Morgan fingerprint density at radius 3 is 2.71 bits per heavy atom. The van der Waals surface area contributed by atoms with E-state index in [2.05, 4.69) is 37.3 Å². The van der Waals surface area contributed by atoms with E-state index < -0.39 is 0 Å². The van der Waals surface area contributed by atoms with Gasteiger partial charge in [-0.05, 0) is 37.9 Å². The molecule has 3 rings (SSSR count). The third-order valence-electron chi connectivity index (χ3n) is 4.10. The van der Waals surface area contributed by atoms with Crippen LogP contribution < -0.4 is 10.2 Å². The van der Waals surface area contributed by atoms with Crippen molar-refractivity contribution in [2.45, 2.75) is 31.7 Å². The molecule has 0 bridgehead atoms. The first-order valence-corrected chi connectivity index (χ1v) is 7.78. The zero-order valence-corrected chi connectivity index (χ0v) is 12.3. The lowest BCUT2D eigenvalue weighted by Crippen LogP contribution is -2.42. The van der Waals surface area contributed by atoms with Gasteiger partial charge in [0.15, 0.2) is 0 Å². The van der Waals surface area contributed by atoms with Crippen LogP contribution in [0.5, 0.6) is 0 Å². The third kappa shape index (κ3) is 4.04. The third-order valence-corrected chi connectivity index (χ3v) is 4.10. The van der Waals surface area contributed by atoms with Crippen molar-refractivity contribution < 1.29 is 0 Å². The van der Waals surface area contributed by atoms with Gasteiger partial charge in [0.05, 0.1) is 0 Å². The van der Waals surface area contributed by atoms with Crippen molar-refractivity contribution in [1.82, 2.24) is 20.3 Å². The molecule has 0 radical (unpaired) electrons. The molecular weight excluding hydrogens is 262 g/mol. The van der Waals surface area contributed by atoms with Crippen LogP contribution in [0, 0.1) is 0 Å². The van der Waals surface area contributed by atoms with Crippen LogP contribution >= 0.6 is 0 Å². The molecule has 0 amide bonds. The van der Waals surface area contributed by atoms with Crippen LogP contribution in [0.2, 0.25) is 0 Å². The minimum atomic E-state index is 0.652. The number of aromatic amines is 1. The summed E-state index contributed by atoms with van der Waals surface area (Å²) in [7, 11) is 0. The van der Waals surface area contributed by atoms with Gasteiger partial charge >= 0.3 is 0 Å². The van der Waals surface area contributed by atoms with E-state index >= 15 is 0 Å². The van der Waals surface area contributed by atoms with Crippen LogP contribution in [0.4, 0.5) is 5.69 Å². The predicted octanol–water partition coefficient (Wildman–Crippen LogP) is 2.00. The van der Waals surface area contributed by atoms with Crippen LogP contribution in [-0.2, 0) is 6.42 Å². The molecule has 1 fully saturated rings. The molecule has 2 N–H and O–H groups in total. The quantitative estimate of drug-likeness (QED) is 0.797. The second-order valence-corrected chi connectivity index (χ2v) is 5.56. The number of rotatable bonds is 6. The highest BCUT2D eigenvalue weighted by atomic mass is 15.1. The number of hydrogen-bond acceptors (Lipinski definition) is 4. The van der Waals surface area contributed by atoms with E-state index in [1.165, 1.54) is 18.5 Å². The fraction of sp³-hybridized carbons (Fsp3) is 0.500. The van der Waals surface area contributed by atoms with Crippen molar-refractivity contribution in [3.63, 3.8) is 0 Å². The second-order valence-electron chi connectivity index (χ2n) is 5.56. The number of nitrogens with one attached hydrogen (secondary N) is 2. The summed E-state index contributed by atoms with van der Waals surface area (Å²) in [4.78, 5) is 13.9. The highest BCUT2D eigenvalue weighted by Gasteiger charge is 2.18. The zero-order chi connectivity index (χ0) is 14.3. The molecule has 1 aliphatic heterocycles. The van der Waals surface area contributed by atoms with Crippen LogP contribution in [0.25, 0.3) is 0 Å². The number of piperidine rings is 1. The summed E-state index contributed by atoms with van der Waals surface area (Å²) in [5, 5.41) is 3.68. The molecule has 0 atom stereocenters. The topological polar surface area (TPSA) is 56.8 Å². The van der Waals surface area contributed by atoms with E-state index in [0.717, 1.165) is 38.3 Å². The predicted molar refractivity (Wildman–Crippen MR) is 84.4 cm³/mol. The Labute approximate surface area is 125 Å². The maximum absolute atomic E-state index is 4.25. The molecule has 0 aliphatic carbocycles. The van der Waals surface area contributed by atoms with Crippen molar-refractivity contribution in [3.8, 4) is 0 Å². The van der Waals surface area contributed by atoms with Crippen molar-refractivity contribution >= 4 is 5.69 Å². The summed E-state index contributed by atoms with van der Waals surface area (Å²) in [6.07, 6.45) is 12.0. The maximum atomic E-state index is 4.25. The Kier molecular flexibility index (Phi) is 4.84. The smallest absolute Gasteiger partial charge is 0.106 e. The average Bonchev–Trinajstić information content (AvgIpc) is 3.06. The molecule has 2 aromatic rings. The number of imidazole rings is 1. The van der Waals surface area contributed by atoms with Crippen molar-refractivity contribution in [2.75, 3.05) is 24.5 Å². The SMILES string of the molecule is c1cc(N2CCC(NCCCc3ncc[nH]3)CC2)ccn1. The number of aryl methyl sites for hydroxylation is 1. The van der Waals surface area contributed by atoms with E-state index in [9.17, 15) is 0 Å². The Balaban J connectivity index is 1.34. The Hall–Kier alpha value is -1.88. The normalized spacial score (nSPS) is 16.3. The summed E-state index contributed by atoms with van der Waals surface area (Å²) in [5.41, 5.74) is 1.29. The highest BCUT2D eigenvalue weighted by molar-refractivity contribution is 5.44. The van der Waals surface area contributed by atoms with Crippen LogP contribution in [0.15, 0.2) is 36.9 Å². The second kappa shape index (κ2) is 7.22. The largest absolute Gasteiger partial charge is 0.371 e. The van der Waals surface area contributed by atoms with Crippen molar-refractivity contribution in [3.05, 3.63) is 42.7 Å². The molecule has 0 spiro atoms. The Bertz CT molecular complexity index is 503. The lowest BCUT2D eigenvalue weighted by atomic mass is 10.0. The highest BCUT2D eigenvalue weighted by Crippen LogP contribution is 2.18. The van der Waals surface area contributed by atoms with Gasteiger partial charge in [0.1, 0.15) is 5.82 Å². The van der Waals surface area contributed by atoms with Crippen molar-refractivity contribution in [1.29, 1.82) is 0 Å². The summed E-state index contributed by atoms with van der Waals surface area (Å²) in [5.74, 6) is 1.09. The van der Waals surface area contributed by atoms with Gasteiger partial charge in [-0.1, -0.05) is 0 Å². The van der Waals surface area contributed by atoms with E-state index in [-0.39, 0.29) is 0 Å². The molecule has 21 heavy (non-hydrogen) atoms. The van der Waals surface area contributed by atoms with E-state index in [4.69, 9.17) is 0 Å². The van der Waals surface area contributed by atoms with E-state index in [1.807, 2.05) is 24.8 Å². The van der Waals surface area contributed by atoms with Gasteiger partial charge in [0.25, 0.3) is 0 Å². The fourth-order valence-electron chi connectivity index (χ4n) is 2.89. The summed E-state index contributed by atoms with van der Waals surface area (Å²) >= 11 is 0. The molecule has 112 valence electrons. The minimum absolute atomic E-state index is 0.652. The number of hydrogen-bond donors (Lipinski definition) is 2. The van der Waals surface area contributed by atoms with Gasteiger partial charge in [-0.2, -0.15) is 0 Å². The summed E-state index contributed by atoms with van der Waals surface area (Å²) < 4.78 is 0. The fourth-order valence-corrected chi connectivity index (χ4v) is 2.89.